The summed E-state index contributed by atoms with van der Waals surface area (Å²) in [5.41, 5.74) is 6.78. The first-order valence-corrected chi connectivity index (χ1v) is 5.00. The molecular weight excluding hydrogens is 160 g/mol. The normalized spacial score (nSPS) is 12.8. The molecule has 0 aromatic carbocycles. The molecule has 0 aliphatic heterocycles. The van der Waals surface area contributed by atoms with E-state index in [1.165, 1.54) is 12.8 Å². The van der Waals surface area contributed by atoms with Gasteiger partial charge in [-0.2, -0.15) is 0 Å². The fourth-order valence-electron chi connectivity index (χ4n) is 1.61. The summed E-state index contributed by atoms with van der Waals surface area (Å²) in [4.78, 5) is 4.34. The van der Waals surface area contributed by atoms with E-state index in [4.69, 9.17) is 5.73 Å². The maximum absolute atomic E-state index is 5.64. The van der Waals surface area contributed by atoms with E-state index in [0.29, 0.717) is 11.7 Å². The van der Waals surface area contributed by atoms with Crippen molar-refractivity contribution in [3.8, 4) is 0 Å². The number of nitrogen functional groups attached to an aromatic ring is 1. The summed E-state index contributed by atoms with van der Waals surface area (Å²) in [5, 5.41) is 0. The molecule has 1 atom stereocenters. The molecule has 1 rings (SSSR count). The van der Waals surface area contributed by atoms with E-state index in [1.54, 1.807) is 0 Å². The fourth-order valence-corrected chi connectivity index (χ4v) is 1.61. The quantitative estimate of drug-likeness (QED) is 0.769. The minimum Gasteiger partial charge on any atom is -0.384 e. The molecule has 0 saturated carbocycles. The average molecular weight is 178 g/mol. The van der Waals surface area contributed by atoms with Crippen LogP contribution in [0, 0.1) is 0 Å². The van der Waals surface area contributed by atoms with Crippen LogP contribution >= 0.6 is 0 Å². The van der Waals surface area contributed by atoms with Gasteiger partial charge in [0.25, 0.3) is 0 Å². The number of pyridine rings is 1. The van der Waals surface area contributed by atoms with E-state index < -0.39 is 0 Å². The Morgan fingerprint density at radius 3 is 2.69 bits per heavy atom. The van der Waals surface area contributed by atoms with E-state index in [0.717, 1.165) is 12.1 Å². The van der Waals surface area contributed by atoms with Crippen LogP contribution < -0.4 is 5.73 Å². The molecule has 0 spiro atoms. The monoisotopic (exact) mass is 178 g/mol. The Hall–Kier alpha value is -1.05. The lowest BCUT2D eigenvalue weighted by molar-refractivity contribution is 0.582. The molecule has 72 valence electrons. The van der Waals surface area contributed by atoms with Gasteiger partial charge in [0.05, 0.1) is 0 Å². The van der Waals surface area contributed by atoms with Gasteiger partial charge in [-0.05, 0) is 25.0 Å². The third-order valence-electron chi connectivity index (χ3n) is 2.34. The Bertz CT molecular complexity index is 258. The Morgan fingerprint density at radius 1 is 1.38 bits per heavy atom. The molecule has 1 aromatic heterocycles. The highest BCUT2D eigenvalue weighted by atomic mass is 14.8. The van der Waals surface area contributed by atoms with Gasteiger partial charge in [0, 0.05) is 11.6 Å². The maximum atomic E-state index is 5.64. The smallest absolute Gasteiger partial charge is 0.123 e. The van der Waals surface area contributed by atoms with E-state index in [-0.39, 0.29) is 0 Å². The zero-order chi connectivity index (χ0) is 9.68. The predicted octanol–water partition coefficient (Wildman–Crippen LogP) is 2.96. The van der Waals surface area contributed by atoms with Crippen molar-refractivity contribution in [1.82, 2.24) is 4.98 Å². The van der Waals surface area contributed by atoms with Gasteiger partial charge in [0.2, 0.25) is 0 Å². The van der Waals surface area contributed by atoms with Crippen molar-refractivity contribution in [2.45, 2.75) is 39.0 Å². The minimum absolute atomic E-state index is 0.577. The molecule has 2 heteroatoms. The van der Waals surface area contributed by atoms with Crippen LogP contribution in [0.2, 0.25) is 0 Å². The molecular formula is C11H18N2. The number of nitrogens with zero attached hydrogens (tertiary/aromatic N) is 1. The number of hydrogen-bond donors (Lipinski definition) is 1. The lowest BCUT2D eigenvalue weighted by Crippen LogP contribution is -2.01. The lowest BCUT2D eigenvalue weighted by atomic mass is 9.96. The van der Waals surface area contributed by atoms with Crippen LogP contribution in [0.15, 0.2) is 18.2 Å². The van der Waals surface area contributed by atoms with Crippen molar-refractivity contribution in [1.29, 1.82) is 0 Å². The van der Waals surface area contributed by atoms with Crippen molar-refractivity contribution >= 4 is 5.82 Å². The summed E-state index contributed by atoms with van der Waals surface area (Å²) < 4.78 is 0. The Balaban J connectivity index is 2.78. The van der Waals surface area contributed by atoms with Crippen LogP contribution in [0.3, 0.4) is 0 Å². The summed E-state index contributed by atoms with van der Waals surface area (Å²) in [6.07, 6.45) is 3.55. The van der Waals surface area contributed by atoms with Crippen molar-refractivity contribution < 1.29 is 0 Å². The highest BCUT2D eigenvalue weighted by Crippen LogP contribution is 2.23. The van der Waals surface area contributed by atoms with Gasteiger partial charge in [0.15, 0.2) is 0 Å². The third-order valence-corrected chi connectivity index (χ3v) is 2.34. The molecule has 2 N–H and O–H groups in total. The lowest BCUT2D eigenvalue weighted by Gasteiger charge is -2.12. The number of anilines is 1. The Labute approximate surface area is 80.2 Å². The molecule has 13 heavy (non-hydrogen) atoms. The SMILES string of the molecule is CCCC(CC)c1cccc(N)n1. The second kappa shape index (κ2) is 4.85. The number of hydrogen-bond acceptors (Lipinski definition) is 2. The van der Waals surface area contributed by atoms with Crippen molar-refractivity contribution in [3.63, 3.8) is 0 Å². The first-order chi connectivity index (χ1) is 6.27. The summed E-state index contributed by atoms with van der Waals surface area (Å²) in [6.45, 7) is 4.40. The van der Waals surface area contributed by atoms with Gasteiger partial charge in [-0.25, -0.2) is 4.98 Å². The number of rotatable bonds is 4. The van der Waals surface area contributed by atoms with Gasteiger partial charge in [0.1, 0.15) is 5.82 Å². The van der Waals surface area contributed by atoms with Crippen LogP contribution in [0.4, 0.5) is 5.82 Å². The summed E-state index contributed by atoms with van der Waals surface area (Å²) in [5.74, 6) is 1.21. The zero-order valence-corrected chi connectivity index (χ0v) is 8.46. The number of aromatic nitrogens is 1. The second-order valence-electron chi connectivity index (χ2n) is 3.38. The molecule has 2 nitrogen and oxygen atoms in total. The van der Waals surface area contributed by atoms with Crippen LogP contribution in [0.1, 0.15) is 44.7 Å². The van der Waals surface area contributed by atoms with Crippen LogP contribution in [-0.4, -0.2) is 4.98 Å². The molecule has 0 aliphatic rings. The molecule has 1 aromatic rings. The second-order valence-corrected chi connectivity index (χ2v) is 3.38. The summed E-state index contributed by atoms with van der Waals surface area (Å²) in [7, 11) is 0. The van der Waals surface area contributed by atoms with Crippen molar-refractivity contribution in [2.24, 2.45) is 0 Å². The van der Waals surface area contributed by atoms with Crippen LogP contribution in [0.25, 0.3) is 0 Å². The molecule has 0 radical (unpaired) electrons. The Morgan fingerprint density at radius 2 is 2.15 bits per heavy atom. The number of nitrogens with two attached hydrogens (primary N) is 1. The van der Waals surface area contributed by atoms with Crippen LogP contribution in [0.5, 0.6) is 0 Å². The Kier molecular flexibility index (Phi) is 3.74. The molecule has 0 amide bonds. The van der Waals surface area contributed by atoms with Gasteiger partial charge in [-0.1, -0.05) is 26.3 Å². The van der Waals surface area contributed by atoms with Crippen molar-refractivity contribution in [3.05, 3.63) is 23.9 Å². The fraction of sp³-hybridized carbons (Fsp3) is 0.545. The third kappa shape index (κ3) is 2.72. The topological polar surface area (TPSA) is 38.9 Å². The molecule has 0 aliphatic carbocycles. The standard InChI is InChI=1S/C11H18N2/c1-3-6-9(4-2)10-7-5-8-11(12)13-10/h5,7-9H,3-4,6H2,1-2H3,(H2,12,13). The van der Waals surface area contributed by atoms with Gasteiger partial charge < -0.3 is 5.73 Å². The summed E-state index contributed by atoms with van der Waals surface area (Å²) >= 11 is 0. The van der Waals surface area contributed by atoms with E-state index in [9.17, 15) is 0 Å². The van der Waals surface area contributed by atoms with Gasteiger partial charge >= 0.3 is 0 Å². The highest BCUT2D eigenvalue weighted by molar-refractivity contribution is 5.29. The summed E-state index contributed by atoms with van der Waals surface area (Å²) in [6, 6.07) is 5.89. The largest absolute Gasteiger partial charge is 0.384 e. The van der Waals surface area contributed by atoms with Crippen molar-refractivity contribution in [2.75, 3.05) is 5.73 Å². The molecule has 0 saturated heterocycles. The molecule has 0 bridgehead atoms. The molecule has 1 heterocycles. The van der Waals surface area contributed by atoms with Gasteiger partial charge in [-0.3, -0.25) is 0 Å². The van der Waals surface area contributed by atoms with E-state index in [2.05, 4.69) is 24.9 Å². The first-order valence-electron chi connectivity index (χ1n) is 5.00. The predicted molar refractivity (Wildman–Crippen MR) is 56.6 cm³/mol. The molecule has 0 fully saturated rings. The van der Waals surface area contributed by atoms with E-state index >= 15 is 0 Å². The minimum atomic E-state index is 0.577. The highest BCUT2D eigenvalue weighted by Gasteiger charge is 2.09. The van der Waals surface area contributed by atoms with E-state index in [1.807, 2.05) is 12.1 Å². The molecule has 1 unspecified atom stereocenters. The van der Waals surface area contributed by atoms with Gasteiger partial charge in [-0.15, -0.1) is 0 Å². The zero-order valence-electron chi connectivity index (χ0n) is 8.46. The maximum Gasteiger partial charge on any atom is 0.123 e. The van der Waals surface area contributed by atoms with Crippen LogP contribution in [-0.2, 0) is 0 Å². The first kappa shape index (κ1) is 10.0. The average Bonchev–Trinajstić information content (AvgIpc) is 2.14.